The monoisotopic (exact) mass is 1480 g/mol. The summed E-state index contributed by atoms with van der Waals surface area (Å²) in [6.07, 6.45) is 5.17. The van der Waals surface area contributed by atoms with Crippen molar-refractivity contribution in [3.05, 3.63) is 141 Å². The molecule has 8 aliphatic rings. The topological polar surface area (TPSA) is 309 Å². The number of likely N-dealkylation sites (N-methyl/N-ethyl adjacent to an activating group) is 4. The molecule has 0 amide bonds. The van der Waals surface area contributed by atoms with E-state index in [1.54, 1.807) is 20.6 Å². The fourth-order valence-corrected chi connectivity index (χ4v) is 14.2. The quantitative estimate of drug-likeness (QED) is 0.103. The second-order valence-electron chi connectivity index (χ2n) is 27.6. The third kappa shape index (κ3) is 14.5. The predicted molar refractivity (Wildman–Crippen MR) is 388 cm³/mol. The Labute approximate surface area is 603 Å². The third-order valence-electron chi connectivity index (χ3n) is 20.3. The van der Waals surface area contributed by atoms with Crippen LogP contribution in [0.2, 0.25) is 0 Å². The van der Waals surface area contributed by atoms with Crippen LogP contribution in [0, 0.1) is 29.1 Å². The van der Waals surface area contributed by atoms with E-state index in [-0.39, 0.29) is 108 Å². The molecular weight excluding hydrogens is 1400 g/mol. The lowest BCUT2D eigenvalue weighted by molar-refractivity contribution is 0.0683. The number of halogens is 5. The van der Waals surface area contributed by atoms with E-state index in [1.165, 1.54) is 36.2 Å². The first-order chi connectivity index (χ1) is 49.9. The number of piperazine rings is 4. The fourth-order valence-electron chi connectivity index (χ4n) is 14.2. The molecule has 0 spiro atoms. The largest absolute Gasteiger partial charge is 0.487 e. The summed E-state index contributed by atoms with van der Waals surface area (Å²) >= 11 is 0. The van der Waals surface area contributed by atoms with Crippen molar-refractivity contribution >= 4 is 84.6 Å². The van der Waals surface area contributed by atoms with E-state index in [2.05, 4.69) is 32.0 Å². The van der Waals surface area contributed by atoms with E-state index in [4.69, 9.17) is 24.1 Å². The maximum atomic E-state index is 15.0. The van der Waals surface area contributed by atoms with Crippen LogP contribution in [-0.4, -0.2) is 242 Å². The Morgan fingerprint density at radius 2 is 0.594 bits per heavy atom. The number of hydrogen-bond donors (Lipinski definition) is 5. The summed E-state index contributed by atoms with van der Waals surface area (Å²) in [5, 5.41) is 40.2. The van der Waals surface area contributed by atoms with Crippen molar-refractivity contribution in [1.29, 1.82) is 0 Å². The molecule has 0 saturated carbocycles. The highest BCUT2D eigenvalue weighted by atomic mass is 19.2. The molecule has 12 heterocycles. The number of carbonyl (C=O) groups is 4. The van der Waals surface area contributed by atoms with Crippen LogP contribution in [0.1, 0.15) is 101 Å². The lowest BCUT2D eigenvalue weighted by Crippen LogP contribution is -2.45. The van der Waals surface area contributed by atoms with E-state index in [0.717, 1.165) is 76.8 Å². The molecule has 0 unspecified atom stereocenters. The van der Waals surface area contributed by atoms with Gasteiger partial charge in [-0.3, -0.25) is 19.2 Å². The number of ether oxygens (including phenoxy) is 4. The van der Waals surface area contributed by atoms with Crippen molar-refractivity contribution in [3.8, 4) is 23.0 Å². The fraction of sp³-hybridized carbons (Fsp3) is 0.452. The lowest BCUT2D eigenvalue weighted by Gasteiger charge is -2.37. The van der Waals surface area contributed by atoms with Crippen molar-refractivity contribution < 1.29 is 80.5 Å². The van der Waals surface area contributed by atoms with Gasteiger partial charge in [0.25, 0.3) is 0 Å². The molecule has 8 aromatic rings. The molecule has 16 rings (SSSR count). The first-order valence-electron chi connectivity index (χ1n) is 34.4. The van der Waals surface area contributed by atoms with Gasteiger partial charge in [-0.2, -0.15) is 4.39 Å². The van der Waals surface area contributed by atoms with Crippen LogP contribution in [0.15, 0.2) is 68.2 Å². The number of aromatic nitrogens is 4. The van der Waals surface area contributed by atoms with Gasteiger partial charge in [0.15, 0.2) is 46.3 Å². The summed E-state index contributed by atoms with van der Waals surface area (Å²) in [5.41, 5.74) is -1.93. The number of carboxylic acid groups (broad SMARTS) is 4. The number of benzene rings is 4. The van der Waals surface area contributed by atoms with Crippen molar-refractivity contribution in [2.75, 3.05) is 174 Å². The summed E-state index contributed by atoms with van der Waals surface area (Å²) in [6.45, 7) is 21.8. The van der Waals surface area contributed by atoms with Gasteiger partial charge in [-0.25, -0.2) is 36.7 Å². The number of aromatic carboxylic acids is 4. The van der Waals surface area contributed by atoms with E-state index < -0.39 is 80.2 Å². The van der Waals surface area contributed by atoms with Crippen LogP contribution >= 0.6 is 0 Å². The van der Waals surface area contributed by atoms with Crippen molar-refractivity contribution in [2.45, 2.75) is 59.3 Å². The maximum Gasteiger partial charge on any atom is 0.341 e. The first kappa shape index (κ1) is 76.8. The number of nitrogens with zero attached hydrogens (tertiary/aromatic N) is 11. The number of carboxylic acids is 4. The van der Waals surface area contributed by atoms with Crippen molar-refractivity contribution in [3.63, 3.8) is 0 Å². The summed E-state index contributed by atoms with van der Waals surface area (Å²) in [6, 6.07) is 3.39. The molecule has 568 valence electrons. The molecule has 0 bridgehead atoms. The Bertz CT molecular complexity index is 4710. The number of anilines is 3. The van der Waals surface area contributed by atoms with Gasteiger partial charge < -0.3 is 97.3 Å². The van der Waals surface area contributed by atoms with Gasteiger partial charge in [0.05, 0.1) is 67.8 Å². The molecule has 106 heavy (non-hydrogen) atoms. The Kier molecular flexibility index (Phi) is 22.4. The summed E-state index contributed by atoms with van der Waals surface area (Å²) < 4.78 is 101. The Hall–Kier alpha value is -10.4. The highest BCUT2D eigenvalue weighted by Gasteiger charge is 2.36. The highest BCUT2D eigenvalue weighted by molar-refractivity contribution is 6.00. The molecule has 8 aliphatic heterocycles. The van der Waals surface area contributed by atoms with Gasteiger partial charge in [-0.1, -0.05) is 7.43 Å². The van der Waals surface area contributed by atoms with Crippen LogP contribution in [0.3, 0.4) is 0 Å². The molecule has 28 nitrogen and oxygen atoms in total. The summed E-state index contributed by atoms with van der Waals surface area (Å²) in [7, 11) is 8.20. The second kappa shape index (κ2) is 31.0. The average Bonchev–Trinajstić information content (AvgIpc) is 0.747. The van der Waals surface area contributed by atoms with E-state index in [9.17, 15) is 75.6 Å². The van der Waals surface area contributed by atoms with Crippen LogP contribution in [0.5, 0.6) is 23.0 Å². The standard InChI is InChI=1S/3C18H20FN3O4.C13H9F2NO4.C5H12N2.CH4/c3*1-10-9-26-17-14-11(16(23)12(18(24)25)8-22(10)14)7-13(19)15(17)21-5-3-20(2)4-6-21;1-5-4-20-12-9(15)8(14)2-6-10(12)16(5)3-7(11(6)17)13(18)19;1-7-4-2-6-3-5-7;/h3*7-8,10H,3-6,9H2,1-2H3,(H,24,25);2-3,5H,4H2,1H3,(H,18,19);6H,2-5H2,1H3;1H4/t3*10-;5-;;/m0000../s1. The lowest BCUT2D eigenvalue weighted by atomic mass is 10.1. The number of hydrogen-bond acceptors (Lipinski definition) is 20. The molecule has 0 aliphatic carbocycles. The molecule has 4 aromatic carbocycles. The summed E-state index contributed by atoms with van der Waals surface area (Å²) in [4.78, 5) is 110. The maximum absolute atomic E-state index is 15.0. The molecule has 4 atom stereocenters. The minimum absolute atomic E-state index is 0. The zero-order valence-corrected chi connectivity index (χ0v) is 59.1. The number of pyridine rings is 4. The van der Waals surface area contributed by atoms with E-state index in [1.807, 2.05) is 56.6 Å². The minimum atomic E-state index is -1.41. The van der Waals surface area contributed by atoms with Crippen LogP contribution in [-0.2, 0) is 0 Å². The second-order valence-corrected chi connectivity index (χ2v) is 27.6. The normalized spacial score (nSPS) is 19.8. The van der Waals surface area contributed by atoms with Gasteiger partial charge in [0, 0.05) is 130 Å². The Morgan fingerprint density at radius 1 is 0.368 bits per heavy atom. The molecule has 5 N–H and O–H groups in total. The molecule has 33 heteroatoms. The third-order valence-corrected chi connectivity index (χ3v) is 20.3. The molecule has 4 saturated heterocycles. The van der Waals surface area contributed by atoms with Gasteiger partial charge >= 0.3 is 23.9 Å². The van der Waals surface area contributed by atoms with Gasteiger partial charge in [-0.05, 0) is 80.2 Å². The smallest absolute Gasteiger partial charge is 0.341 e. The SMILES string of the molecule is C.CN1CCNCC1.C[C@H]1COc2c(F)c(F)cc3c(=O)c(C(=O)O)cn1c23.C[C@H]1COc2c(N3CCN(C)CC3)c(F)cc3c(=O)c(C(=O)O)cn1c23.C[C@H]1COc2c(N3CCN(C)CC3)c(F)cc3c(=O)c(C(=O)O)cn1c23.C[C@H]1COc2c(N3CCN(C)CC3)c(F)cc3c(=O)c(C(=O)O)cn1c23. The number of nitrogens with one attached hydrogen (secondary N) is 1. The molecule has 4 aromatic heterocycles. The highest BCUT2D eigenvalue weighted by Crippen LogP contribution is 2.46. The van der Waals surface area contributed by atoms with Crippen LogP contribution in [0.25, 0.3) is 43.6 Å². The Morgan fingerprint density at radius 3 is 0.830 bits per heavy atom. The van der Waals surface area contributed by atoms with Gasteiger partial charge in [-0.15, -0.1) is 0 Å². The molecular formula is C73H85F5N12O16. The van der Waals surface area contributed by atoms with Gasteiger partial charge in [0.1, 0.15) is 65.7 Å². The molecule has 0 radical (unpaired) electrons. The Balaban J connectivity index is 0.000000137. The summed E-state index contributed by atoms with van der Waals surface area (Å²) in [5.74, 6) is -8.82. The van der Waals surface area contributed by atoms with Crippen molar-refractivity contribution in [2.24, 2.45) is 0 Å². The zero-order chi connectivity index (χ0) is 75.5. The number of rotatable bonds is 7. The van der Waals surface area contributed by atoms with Crippen molar-refractivity contribution in [1.82, 2.24) is 43.2 Å². The van der Waals surface area contributed by atoms with E-state index in [0.29, 0.717) is 96.2 Å². The van der Waals surface area contributed by atoms with Crippen LogP contribution < -0.4 is 60.7 Å². The van der Waals surface area contributed by atoms with E-state index >= 15 is 0 Å². The van der Waals surface area contributed by atoms with Gasteiger partial charge in [0.2, 0.25) is 27.5 Å². The predicted octanol–water partition coefficient (Wildman–Crippen LogP) is 6.72. The first-order valence-corrected chi connectivity index (χ1v) is 34.4. The van der Waals surface area contributed by atoms with Crippen LogP contribution in [0.4, 0.5) is 39.0 Å². The minimum Gasteiger partial charge on any atom is -0.487 e. The average molecular weight is 1480 g/mol. The molecule has 4 fully saturated rings. The zero-order valence-electron chi connectivity index (χ0n) is 59.1.